The lowest BCUT2D eigenvalue weighted by molar-refractivity contribution is 0.281. The molecule has 0 spiro atoms. The second-order valence-corrected chi connectivity index (χ2v) is 3.99. The topological polar surface area (TPSA) is 47.6 Å². The Labute approximate surface area is 113 Å². The molecular formula is C14H11F3N2O. The molecule has 2 aromatic carbocycles. The van der Waals surface area contributed by atoms with Crippen LogP contribution in [0.25, 0.3) is 0 Å². The first-order valence-electron chi connectivity index (χ1n) is 5.70. The van der Waals surface area contributed by atoms with Gasteiger partial charge in [-0.1, -0.05) is 18.2 Å². The summed E-state index contributed by atoms with van der Waals surface area (Å²) in [6.07, 6.45) is 1.45. The highest BCUT2D eigenvalue weighted by Gasteiger charge is 2.14. The first-order valence-corrected chi connectivity index (χ1v) is 5.70. The van der Waals surface area contributed by atoms with Crippen molar-refractivity contribution in [3.63, 3.8) is 0 Å². The van der Waals surface area contributed by atoms with Gasteiger partial charge in [-0.3, -0.25) is 0 Å². The maximum atomic E-state index is 13.4. The quantitative estimate of drug-likeness (QED) is 0.405. The first kappa shape index (κ1) is 13.9. The van der Waals surface area contributed by atoms with Crippen molar-refractivity contribution in [1.29, 1.82) is 0 Å². The molecule has 2 N–H and O–H groups in total. The van der Waals surface area contributed by atoms with Crippen molar-refractivity contribution in [1.82, 2.24) is 0 Å². The Morgan fingerprint density at radius 1 is 1.10 bits per heavy atom. The van der Waals surface area contributed by atoms with Crippen LogP contribution in [0.2, 0.25) is 0 Å². The van der Waals surface area contributed by atoms with Gasteiger partial charge in [-0.15, -0.1) is 0 Å². The first-order chi connectivity index (χ1) is 9.61. The van der Waals surface area contributed by atoms with Crippen molar-refractivity contribution >= 4 is 6.21 Å². The van der Waals surface area contributed by atoms with Gasteiger partial charge in [0.05, 0.1) is 6.21 Å². The molecule has 0 saturated heterocycles. The van der Waals surface area contributed by atoms with Crippen molar-refractivity contribution in [3.05, 3.63) is 65.0 Å². The zero-order valence-corrected chi connectivity index (χ0v) is 10.3. The van der Waals surface area contributed by atoms with Crippen molar-refractivity contribution in [3.8, 4) is 5.75 Å². The number of hydrogen-bond acceptors (Lipinski definition) is 3. The predicted octanol–water partition coefficient (Wildman–Crippen LogP) is 2.98. The number of hydrogen-bond donors (Lipinski definition) is 1. The molecule has 3 nitrogen and oxygen atoms in total. The lowest BCUT2D eigenvalue weighted by Crippen LogP contribution is -2.01. The molecule has 0 fully saturated rings. The van der Waals surface area contributed by atoms with Crippen LogP contribution in [0.3, 0.4) is 0 Å². The molecule has 2 aromatic rings. The molecule has 0 radical (unpaired) electrons. The van der Waals surface area contributed by atoms with Gasteiger partial charge in [0.15, 0.2) is 17.4 Å². The summed E-state index contributed by atoms with van der Waals surface area (Å²) in [5.74, 6) is 0.546. The van der Waals surface area contributed by atoms with Gasteiger partial charge in [-0.2, -0.15) is 9.49 Å². The Kier molecular flexibility index (Phi) is 4.24. The second-order valence-electron chi connectivity index (χ2n) is 3.99. The summed E-state index contributed by atoms with van der Waals surface area (Å²) >= 11 is 0. The SMILES string of the molecule is NN=Cc1cccc(COc2ccc(F)c(F)c2F)c1. The molecular weight excluding hydrogens is 269 g/mol. The van der Waals surface area contributed by atoms with E-state index in [2.05, 4.69) is 5.10 Å². The normalized spacial score (nSPS) is 10.9. The van der Waals surface area contributed by atoms with Gasteiger partial charge in [0, 0.05) is 0 Å². The van der Waals surface area contributed by atoms with Gasteiger partial charge in [-0.25, -0.2) is 8.78 Å². The van der Waals surface area contributed by atoms with Crippen LogP contribution in [0.15, 0.2) is 41.5 Å². The molecule has 6 heteroatoms. The van der Waals surface area contributed by atoms with Gasteiger partial charge in [0.1, 0.15) is 6.61 Å². The van der Waals surface area contributed by atoms with Crippen LogP contribution in [0.4, 0.5) is 13.2 Å². The molecule has 0 bridgehead atoms. The third kappa shape index (κ3) is 3.09. The molecule has 0 aliphatic carbocycles. The van der Waals surface area contributed by atoms with E-state index in [-0.39, 0.29) is 12.4 Å². The predicted molar refractivity (Wildman–Crippen MR) is 68.9 cm³/mol. The number of hydrazone groups is 1. The van der Waals surface area contributed by atoms with E-state index in [1.165, 1.54) is 6.21 Å². The monoisotopic (exact) mass is 280 g/mol. The third-order valence-electron chi connectivity index (χ3n) is 2.57. The second kappa shape index (κ2) is 6.10. The molecule has 0 heterocycles. The Hall–Kier alpha value is -2.50. The fourth-order valence-electron chi connectivity index (χ4n) is 1.63. The zero-order valence-electron chi connectivity index (χ0n) is 10.3. The average Bonchev–Trinajstić information content (AvgIpc) is 2.45. The van der Waals surface area contributed by atoms with Crippen LogP contribution in [-0.2, 0) is 6.61 Å². The molecule has 0 unspecified atom stereocenters. The Morgan fingerprint density at radius 3 is 2.65 bits per heavy atom. The number of nitrogens with zero attached hydrogens (tertiary/aromatic N) is 1. The highest BCUT2D eigenvalue weighted by atomic mass is 19.2. The van der Waals surface area contributed by atoms with E-state index in [0.717, 1.165) is 17.7 Å². The molecule has 20 heavy (non-hydrogen) atoms. The fraction of sp³-hybridized carbons (Fsp3) is 0.0714. The smallest absolute Gasteiger partial charge is 0.203 e. The molecule has 0 aromatic heterocycles. The molecule has 0 saturated carbocycles. The summed E-state index contributed by atoms with van der Waals surface area (Å²) in [6, 6.07) is 8.85. The summed E-state index contributed by atoms with van der Waals surface area (Å²) in [6.45, 7) is 0.00818. The third-order valence-corrected chi connectivity index (χ3v) is 2.57. The summed E-state index contributed by atoms with van der Waals surface area (Å²) in [4.78, 5) is 0. The van der Waals surface area contributed by atoms with Gasteiger partial charge < -0.3 is 10.6 Å². The van der Waals surface area contributed by atoms with Gasteiger partial charge in [-0.05, 0) is 29.3 Å². The van der Waals surface area contributed by atoms with E-state index in [1.54, 1.807) is 24.3 Å². The van der Waals surface area contributed by atoms with E-state index >= 15 is 0 Å². The minimum Gasteiger partial charge on any atom is -0.486 e. The summed E-state index contributed by atoms with van der Waals surface area (Å²) in [5.41, 5.74) is 1.46. The Bertz CT molecular complexity index is 644. The van der Waals surface area contributed by atoms with Gasteiger partial charge in [0.2, 0.25) is 5.82 Å². The van der Waals surface area contributed by atoms with Gasteiger partial charge in [0.25, 0.3) is 0 Å². The van der Waals surface area contributed by atoms with E-state index in [1.807, 2.05) is 0 Å². The molecule has 0 aliphatic heterocycles. The van der Waals surface area contributed by atoms with E-state index in [9.17, 15) is 13.2 Å². The number of ether oxygens (including phenoxy) is 1. The van der Waals surface area contributed by atoms with Crippen LogP contribution in [0.1, 0.15) is 11.1 Å². The summed E-state index contributed by atoms with van der Waals surface area (Å²) < 4.78 is 44.3. The molecule has 2 rings (SSSR count). The van der Waals surface area contributed by atoms with Crippen molar-refractivity contribution in [2.45, 2.75) is 6.61 Å². The van der Waals surface area contributed by atoms with Crippen LogP contribution in [0, 0.1) is 17.5 Å². The van der Waals surface area contributed by atoms with Crippen molar-refractivity contribution in [2.24, 2.45) is 10.9 Å². The standard InChI is InChI=1S/C14H11F3N2O/c15-11-4-5-12(14(17)13(11)16)20-8-10-3-1-2-9(6-10)7-19-18/h1-7H,8,18H2. The number of nitrogens with two attached hydrogens (primary N) is 1. The summed E-state index contributed by atoms with van der Waals surface area (Å²) in [7, 11) is 0. The molecule has 0 amide bonds. The van der Waals surface area contributed by atoms with E-state index < -0.39 is 17.5 Å². The lowest BCUT2D eigenvalue weighted by Gasteiger charge is -2.08. The number of halogens is 3. The summed E-state index contributed by atoms with van der Waals surface area (Å²) in [5, 5.41) is 3.38. The average molecular weight is 280 g/mol. The number of benzene rings is 2. The highest BCUT2D eigenvalue weighted by Crippen LogP contribution is 2.22. The van der Waals surface area contributed by atoms with E-state index in [0.29, 0.717) is 5.56 Å². The van der Waals surface area contributed by atoms with Crippen LogP contribution in [0.5, 0.6) is 5.75 Å². The Morgan fingerprint density at radius 2 is 1.90 bits per heavy atom. The maximum Gasteiger partial charge on any atom is 0.203 e. The minimum atomic E-state index is -1.55. The van der Waals surface area contributed by atoms with Gasteiger partial charge >= 0.3 is 0 Å². The van der Waals surface area contributed by atoms with E-state index in [4.69, 9.17) is 10.6 Å². The largest absolute Gasteiger partial charge is 0.486 e. The van der Waals surface area contributed by atoms with Crippen molar-refractivity contribution < 1.29 is 17.9 Å². The maximum absolute atomic E-state index is 13.4. The minimum absolute atomic E-state index is 0.00818. The molecule has 104 valence electrons. The fourth-order valence-corrected chi connectivity index (χ4v) is 1.63. The Balaban J connectivity index is 2.13. The van der Waals surface area contributed by atoms with Crippen LogP contribution >= 0.6 is 0 Å². The lowest BCUT2D eigenvalue weighted by atomic mass is 10.1. The van der Waals surface area contributed by atoms with Crippen LogP contribution in [-0.4, -0.2) is 6.21 Å². The molecule has 0 atom stereocenters. The van der Waals surface area contributed by atoms with Crippen LogP contribution < -0.4 is 10.6 Å². The van der Waals surface area contributed by atoms with Crippen molar-refractivity contribution in [2.75, 3.05) is 0 Å². The zero-order chi connectivity index (χ0) is 14.5. The number of rotatable bonds is 4. The highest BCUT2D eigenvalue weighted by molar-refractivity contribution is 5.79. The molecule has 0 aliphatic rings.